The Hall–Kier alpha value is -2.60. The van der Waals surface area contributed by atoms with Crippen LogP contribution in [0, 0.1) is 12.8 Å². The number of rotatable bonds is 7. The third-order valence-electron chi connectivity index (χ3n) is 5.43. The first-order valence-corrected chi connectivity index (χ1v) is 9.90. The SMILES string of the molecule is Cc1ccc(CNC(=O)C(C)N2CCC(C(=O)NCc3ccco3)CC2)cc1. The van der Waals surface area contributed by atoms with Gasteiger partial charge in [0.25, 0.3) is 0 Å². The molecule has 1 atom stereocenters. The largest absolute Gasteiger partial charge is 0.467 e. The second-order valence-corrected chi connectivity index (χ2v) is 7.49. The first-order valence-electron chi connectivity index (χ1n) is 9.90. The van der Waals surface area contributed by atoms with Crippen molar-refractivity contribution in [3.63, 3.8) is 0 Å². The Balaban J connectivity index is 1.40. The number of nitrogens with zero attached hydrogens (tertiary/aromatic N) is 1. The van der Waals surface area contributed by atoms with Crippen molar-refractivity contribution in [1.82, 2.24) is 15.5 Å². The number of furan rings is 1. The molecule has 1 aliphatic rings. The highest BCUT2D eigenvalue weighted by atomic mass is 16.3. The molecule has 1 saturated heterocycles. The third kappa shape index (κ3) is 5.45. The maximum atomic E-state index is 12.5. The normalized spacial score (nSPS) is 16.5. The maximum absolute atomic E-state index is 12.5. The van der Waals surface area contributed by atoms with Gasteiger partial charge in [-0.1, -0.05) is 29.8 Å². The molecular formula is C22H29N3O3. The monoisotopic (exact) mass is 383 g/mol. The van der Waals surface area contributed by atoms with Gasteiger partial charge in [-0.15, -0.1) is 0 Å². The molecule has 2 heterocycles. The van der Waals surface area contributed by atoms with Crippen LogP contribution in [0.5, 0.6) is 0 Å². The molecular weight excluding hydrogens is 354 g/mol. The average molecular weight is 383 g/mol. The number of piperidine rings is 1. The minimum atomic E-state index is -0.197. The molecule has 2 aromatic rings. The zero-order valence-corrected chi connectivity index (χ0v) is 16.6. The number of hydrogen-bond acceptors (Lipinski definition) is 4. The van der Waals surface area contributed by atoms with Crippen LogP contribution in [0.4, 0.5) is 0 Å². The molecule has 2 amide bonds. The van der Waals surface area contributed by atoms with Crippen molar-refractivity contribution >= 4 is 11.8 Å². The van der Waals surface area contributed by atoms with Crippen molar-refractivity contribution in [3.8, 4) is 0 Å². The zero-order chi connectivity index (χ0) is 19.9. The Morgan fingerprint density at radius 1 is 1.11 bits per heavy atom. The number of carbonyl (C=O) groups excluding carboxylic acids is 2. The van der Waals surface area contributed by atoms with Crippen molar-refractivity contribution in [2.24, 2.45) is 5.92 Å². The Morgan fingerprint density at radius 3 is 2.46 bits per heavy atom. The summed E-state index contributed by atoms with van der Waals surface area (Å²) in [5.41, 5.74) is 2.30. The molecule has 1 fully saturated rings. The number of hydrogen-bond donors (Lipinski definition) is 2. The van der Waals surface area contributed by atoms with Gasteiger partial charge in [-0.05, 0) is 57.5 Å². The van der Waals surface area contributed by atoms with E-state index in [1.165, 1.54) is 5.56 Å². The number of nitrogens with one attached hydrogen (secondary N) is 2. The predicted molar refractivity (Wildman–Crippen MR) is 107 cm³/mol. The van der Waals surface area contributed by atoms with Crippen LogP contribution in [0.2, 0.25) is 0 Å². The molecule has 0 bridgehead atoms. The molecule has 1 aromatic carbocycles. The zero-order valence-electron chi connectivity index (χ0n) is 16.6. The van der Waals surface area contributed by atoms with Crippen molar-refractivity contribution in [2.75, 3.05) is 13.1 Å². The molecule has 1 aliphatic heterocycles. The van der Waals surface area contributed by atoms with Gasteiger partial charge >= 0.3 is 0 Å². The van der Waals surface area contributed by atoms with Crippen LogP contribution in [-0.4, -0.2) is 35.8 Å². The molecule has 2 N–H and O–H groups in total. The van der Waals surface area contributed by atoms with E-state index in [0.29, 0.717) is 13.1 Å². The molecule has 3 rings (SSSR count). The van der Waals surface area contributed by atoms with Crippen LogP contribution in [0.15, 0.2) is 47.1 Å². The van der Waals surface area contributed by atoms with Crippen molar-refractivity contribution in [2.45, 2.75) is 45.8 Å². The number of aryl methyl sites for hydroxylation is 1. The van der Waals surface area contributed by atoms with Crippen LogP contribution in [0.3, 0.4) is 0 Å². The van der Waals surface area contributed by atoms with Crippen LogP contribution >= 0.6 is 0 Å². The summed E-state index contributed by atoms with van der Waals surface area (Å²) in [6, 6.07) is 11.6. The highest BCUT2D eigenvalue weighted by molar-refractivity contribution is 5.81. The van der Waals surface area contributed by atoms with Gasteiger partial charge in [-0.25, -0.2) is 0 Å². The molecule has 0 radical (unpaired) electrons. The highest BCUT2D eigenvalue weighted by Crippen LogP contribution is 2.19. The molecule has 0 aliphatic carbocycles. The highest BCUT2D eigenvalue weighted by Gasteiger charge is 2.29. The fourth-order valence-corrected chi connectivity index (χ4v) is 3.49. The van der Waals surface area contributed by atoms with Gasteiger partial charge in [0.2, 0.25) is 11.8 Å². The number of carbonyl (C=O) groups is 2. The first kappa shape index (κ1) is 20.1. The van der Waals surface area contributed by atoms with E-state index < -0.39 is 0 Å². The molecule has 1 unspecified atom stereocenters. The van der Waals surface area contributed by atoms with Crippen LogP contribution in [0.25, 0.3) is 0 Å². The number of amides is 2. The lowest BCUT2D eigenvalue weighted by molar-refractivity contribution is -0.128. The van der Waals surface area contributed by atoms with Crippen LogP contribution in [0.1, 0.15) is 36.7 Å². The molecule has 6 nitrogen and oxygen atoms in total. The van der Waals surface area contributed by atoms with Gasteiger partial charge < -0.3 is 15.1 Å². The minimum Gasteiger partial charge on any atom is -0.467 e. The number of likely N-dealkylation sites (tertiary alicyclic amines) is 1. The van der Waals surface area contributed by atoms with Gasteiger partial charge in [0.1, 0.15) is 5.76 Å². The molecule has 28 heavy (non-hydrogen) atoms. The fraction of sp³-hybridized carbons (Fsp3) is 0.455. The van der Waals surface area contributed by atoms with Crippen LogP contribution < -0.4 is 10.6 Å². The molecule has 0 saturated carbocycles. The minimum absolute atomic E-state index is 0.00553. The summed E-state index contributed by atoms with van der Waals surface area (Å²) in [4.78, 5) is 27.0. The van der Waals surface area contributed by atoms with Crippen LogP contribution in [-0.2, 0) is 22.7 Å². The van der Waals surface area contributed by atoms with Gasteiger partial charge in [-0.2, -0.15) is 0 Å². The summed E-state index contributed by atoms with van der Waals surface area (Å²) in [6.45, 7) is 6.43. The van der Waals surface area contributed by atoms with E-state index in [9.17, 15) is 9.59 Å². The van der Waals surface area contributed by atoms with E-state index >= 15 is 0 Å². The Morgan fingerprint density at radius 2 is 1.82 bits per heavy atom. The van der Waals surface area contributed by atoms with E-state index in [0.717, 1.165) is 37.3 Å². The lowest BCUT2D eigenvalue weighted by atomic mass is 9.95. The quantitative estimate of drug-likeness (QED) is 0.771. The summed E-state index contributed by atoms with van der Waals surface area (Å²) < 4.78 is 5.24. The first-order chi connectivity index (χ1) is 13.5. The van der Waals surface area contributed by atoms with Gasteiger partial charge in [0, 0.05) is 12.5 Å². The van der Waals surface area contributed by atoms with Crippen molar-refractivity contribution in [3.05, 3.63) is 59.5 Å². The Kier molecular flexibility index (Phi) is 6.87. The second-order valence-electron chi connectivity index (χ2n) is 7.49. The Labute approximate surface area is 166 Å². The van der Waals surface area contributed by atoms with Crippen molar-refractivity contribution < 1.29 is 14.0 Å². The van der Waals surface area contributed by atoms with E-state index in [4.69, 9.17) is 4.42 Å². The molecule has 150 valence electrons. The van der Waals surface area contributed by atoms with E-state index in [1.807, 2.05) is 50.2 Å². The topological polar surface area (TPSA) is 74.6 Å². The maximum Gasteiger partial charge on any atom is 0.237 e. The smallest absolute Gasteiger partial charge is 0.237 e. The second kappa shape index (κ2) is 9.55. The lowest BCUT2D eigenvalue weighted by Crippen LogP contribution is -2.49. The summed E-state index contributed by atoms with van der Waals surface area (Å²) in [5, 5.41) is 5.95. The number of benzene rings is 1. The van der Waals surface area contributed by atoms with E-state index in [-0.39, 0.29) is 23.8 Å². The molecule has 0 spiro atoms. The standard InChI is InChI=1S/C22H29N3O3/c1-16-5-7-18(8-6-16)14-23-21(26)17(2)25-11-9-19(10-12-25)22(27)24-15-20-4-3-13-28-20/h3-8,13,17,19H,9-12,14-15H2,1-2H3,(H,23,26)(H,24,27). The van der Waals surface area contributed by atoms with Crippen molar-refractivity contribution in [1.29, 1.82) is 0 Å². The summed E-state index contributed by atoms with van der Waals surface area (Å²) in [7, 11) is 0. The lowest BCUT2D eigenvalue weighted by Gasteiger charge is -2.34. The van der Waals surface area contributed by atoms with E-state index in [1.54, 1.807) is 6.26 Å². The summed E-state index contributed by atoms with van der Waals surface area (Å²) in [6.07, 6.45) is 3.13. The van der Waals surface area contributed by atoms with Gasteiger partial charge in [-0.3, -0.25) is 14.5 Å². The molecule has 1 aromatic heterocycles. The fourth-order valence-electron chi connectivity index (χ4n) is 3.49. The Bertz CT molecular complexity index is 763. The van der Waals surface area contributed by atoms with E-state index in [2.05, 4.69) is 15.5 Å². The average Bonchev–Trinajstić information content (AvgIpc) is 3.24. The molecule has 6 heteroatoms. The van der Waals surface area contributed by atoms with Gasteiger partial charge in [0.15, 0.2) is 0 Å². The summed E-state index contributed by atoms with van der Waals surface area (Å²) in [5.74, 6) is 0.840. The van der Waals surface area contributed by atoms with Gasteiger partial charge in [0.05, 0.1) is 18.8 Å². The summed E-state index contributed by atoms with van der Waals surface area (Å²) >= 11 is 0. The third-order valence-corrected chi connectivity index (χ3v) is 5.43. The predicted octanol–water partition coefficient (Wildman–Crippen LogP) is 2.62.